The van der Waals surface area contributed by atoms with Crippen LogP contribution < -0.4 is 0 Å². The summed E-state index contributed by atoms with van der Waals surface area (Å²) in [6, 6.07) is 10.1. The van der Waals surface area contributed by atoms with Crippen LogP contribution >= 0.6 is 0 Å². The van der Waals surface area contributed by atoms with Crippen molar-refractivity contribution in [2.75, 3.05) is 0 Å². The number of carbonyl (C=O) groups excluding carboxylic acids is 3. The highest BCUT2D eigenvalue weighted by Gasteiger charge is 2.65. The van der Waals surface area contributed by atoms with E-state index in [0.29, 0.717) is 0 Å². The van der Waals surface area contributed by atoms with Crippen molar-refractivity contribution >= 4 is 23.7 Å². The molecule has 3 aliphatic heterocycles. The molecule has 2 amide bonds. The van der Waals surface area contributed by atoms with Gasteiger partial charge in [0.2, 0.25) is 17.6 Å². The molecule has 0 N–H and O–H groups in total. The summed E-state index contributed by atoms with van der Waals surface area (Å²) < 4.78 is 5.40. The molecule has 6 rings (SSSR count). The summed E-state index contributed by atoms with van der Waals surface area (Å²) in [5.41, 5.74) is 2.03. The minimum absolute atomic E-state index is 0.0402. The van der Waals surface area contributed by atoms with E-state index in [2.05, 4.69) is 0 Å². The van der Waals surface area contributed by atoms with Crippen molar-refractivity contribution < 1.29 is 18.8 Å². The standard InChI is InChI=1S/C25H24N2O4/c28-23(18-11-6-14-31-18)22-20-19(21-17-10-5-4-7-15(17)12-13-26(21)22)24(29)27(25(20)30)16-8-2-1-3-9-16/h4-7,10-14,16,19-22H,1-3,8-9H2/t19-,20+,21+,22-/m0/s1. The Morgan fingerprint density at radius 1 is 0.935 bits per heavy atom. The summed E-state index contributed by atoms with van der Waals surface area (Å²) in [5.74, 6) is -1.55. The number of Topliss-reactive ketones (excluding diaryl/α,β-unsaturated/α-hetero) is 1. The van der Waals surface area contributed by atoms with Crippen LogP contribution in [-0.2, 0) is 9.59 Å². The number of imide groups is 1. The SMILES string of the molecule is O=C(c1ccco1)[C@@H]1[C@@H]2C(=O)N(C3CCCCC3)C(=O)[C@@H]2[C@H]2c3ccccc3C=CN12. The zero-order valence-corrected chi connectivity index (χ0v) is 17.1. The zero-order valence-electron chi connectivity index (χ0n) is 17.1. The maximum absolute atomic E-state index is 13.7. The molecular weight excluding hydrogens is 392 g/mol. The number of hydrogen-bond donors (Lipinski definition) is 0. The van der Waals surface area contributed by atoms with Crippen LogP contribution in [0.5, 0.6) is 0 Å². The Bertz CT molecular complexity index is 1080. The van der Waals surface area contributed by atoms with Crippen molar-refractivity contribution in [3.8, 4) is 0 Å². The van der Waals surface area contributed by atoms with Crippen molar-refractivity contribution in [1.29, 1.82) is 0 Å². The number of likely N-dealkylation sites (tertiary alicyclic amines) is 1. The lowest BCUT2D eigenvalue weighted by molar-refractivity contribution is -0.144. The quantitative estimate of drug-likeness (QED) is 0.562. The molecule has 1 saturated carbocycles. The van der Waals surface area contributed by atoms with E-state index in [1.54, 1.807) is 12.1 Å². The Morgan fingerprint density at radius 3 is 2.48 bits per heavy atom. The Hall–Kier alpha value is -3.15. The van der Waals surface area contributed by atoms with Gasteiger partial charge in [-0.2, -0.15) is 0 Å². The number of rotatable bonds is 3. The highest BCUT2D eigenvalue weighted by atomic mass is 16.3. The van der Waals surface area contributed by atoms with E-state index in [4.69, 9.17) is 4.42 Å². The van der Waals surface area contributed by atoms with Gasteiger partial charge in [0, 0.05) is 12.2 Å². The summed E-state index contributed by atoms with van der Waals surface area (Å²) in [4.78, 5) is 44.4. The minimum Gasteiger partial charge on any atom is -0.461 e. The molecule has 1 aromatic heterocycles. The fraction of sp³-hybridized carbons (Fsp3) is 0.400. The average molecular weight is 416 g/mol. The van der Waals surface area contributed by atoms with Gasteiger partial charge < -0.3 is 9.32 Å². The number of benzene rings is 1. The topological polar surface area (TPSA) is 70.8 Å². The van der Waals surface area contributed by atoms with Gasteiger partial charge in [0.1, 0.15) is 6.04 Å². The normalized spacial score (nSPS) is 29.8. The third-order valence-corrected chi connectivity index (χ3v) is 7.47. The van der Waals surface area contributed by atoms with Crippen molar-refractivity contribution in [1.82, 2.24) is 9.80 Å². The highest BCUT2D eigenvalue weighted by Crippen LogP contribution is 2.53. The molecular formula is C25H24N2O4. The smallest absolute Gasteiger partial charge is 0.236 e. The molecule has 31 heavy (non-hydrogen) atoms. The summed E-state index contributed by atoms with van der Waals surface area (Å²) in [7, 11) is 0. The summed E-state index contributed by atoms with van der Waals surface area (Å²) in [5, 5.41) is 0. The first-order valence-corrected chi connectivity index (χ1v) is 11.2. The van der Waals surface area contributed by atoms with E-state index in [1.807, 2.05) is 41.4 Å². The van der Waals surface area contributed by atoms with Crippen LogP contribution in [0.2, 0.25) is 0 Å². The first-order chi connectivity index (χ1) is 15.2. The highest BCUT2D eigenvalue weighted by molar-refractivity contribution is 6.11. The third-order valence-electron chi connectivity index (χ3n) is 7.47. The first kappa shape index (κ1) is 18.6. The van der Waals surface area contributed by atoms with Crippen molar-refractivity contribution in [3.05, 3.63) is 65.7 Å². The van der Waals surface area contributed by atoms with E-state index in [-0.39, 0.29) is 35.4 Å². The van der Waals surface area contributed by atoms with Gasteiger partial charge in [-0.3, -0.25) is 19.3 Å². The minimum atomic E-state index is -0.740. The third kappa shape index (κ3) is 2.60. The van der Waals surface area contributed by atoms with Gasteiger partial charge in [-0.25, -0.2) is 0 Å². The summed E-state index contributed by atoms with van der Waals surface area (Å²) in [6.45, 7) is 0. The molecule has 4 heterocycles. The number of nitrogens with zero attached hydrogens (tertiary/aromatic N) is 2. The fourth-order valence-corrected chi connectivity index (χ4v) is 6.14. The van der Waals surface area contributed by atoms with Crippen LogP contribution in [0.15, 0.2) is 53.3 Å². The summed E-state index contributed by atoms with van der Waals surface area (Å²) in [6.07, 6.45) is 10.2. The van der Waals surface area contributed by atoms with Crippen LogP contribution in [0.4, 0.5) is 0 Å². The molecule has 1 aliphatic carbocycles. The number of amides is 2. The van der Waals surface area contributed by atoms with Crippen LogP contribution in [0, 0.1) is 11.8 Å². The van der Waals surface area contributed by atoms with E-state index in [0.717, 1.165) is 43.2 Å². The Morgan fingerprint density at radius 2 is 1.71 bits per heavy atom. The Labute approximate surface area is 180 Å². The lowest BCUT2D eigenvalue weighted by Gasteiger charge is -2.37. The van der Waals surface area contributed by atoms with E-state index < -0.39 is 17.9 Å². The maximum Gasteiger partial charge on any atom is 0.236 e. The van der Waals surface area contributed by atoms with Crippen molar-refractivity contribution in [2.24, 2.45) is 11.8 Å². The van der Waals surface area contributed by atoms with Crippen molar-refractivity contribution in [2.45, 2.75) is 50.2 Å². The first-order valence-electron chi connectivity index (χ1n) is 11.2. The van der Waals surface area contributed by atoms with Crippen molar-refractivity contribution in [3.63, 3.8) is 0 Å². The molecule has 6 heteroatoms. The van der Waals surface area contributed by atoms with Crippen LogP contribution in [-0.4, -0.2) is 39.5 Å². The Kier molecular flexibility index (Phi) is 4.16. The van der Waals surface area contributed by atoms with Gasteiger partial charge in [0.05, 0.1) is 24.1 Å². The Balaban J connectivity index is 1.47. The lowest BCUT2D eigenvalue weighted by Crippen LogP contribution is -2.47. The second kappa shape index (κ2) is 6.94. The predicted octanol–water partition coefficient (Wildman–Crippen LogP) is 3.81. The molecule has 4 atom stereocenters. The molecule has 0 unspecified atom stereocenters. The van der Waals surface area contributed by atoms with Gasteiger partial charge in [-0.05, 0) is 42.2 Å². The fourth-order valence-electron chi connectivity index (χ4n) is 6.14. The van der Waals surface area contributed by atoms with Gasteiger partial charge in [0.15, 0.2) is 5.76 Å². The molecule has 6 nitrogen and oxygen atoms in total. The molecule has 0 radical (unpaired) electrons. The summed E-state index contributed by atoms with van der Waals surface area (Å²) >= 11 is 0. The molecule has 0 spiro atoms. The predicted molar refractivity (Wildman–Crippen MR) is 113 cm³/mol. The average Bonchev–Trinajstić information content (AvgIpc) is 3.50. The molecule has 3 fully saturated rings. The lowest BCUT2D eigenvalue weighted by atomic mass is 9.84. The maximum atomic E-state index is 13.7. The van der Waals surface area contributed by atoms with Crippen LogP contribution in [0.25, 0.3) is 6.08 Å². The molecule has 2 aromatic rings. The monoisotopic (exact) mass is 416 g/mol. The number of hydrogen-bond acceptors (Lipinski definition) is 5. The van der Waals surface area contributed by atoms with Gasteiger partial charge >= 0.3 is 0 Å². The molecule has 1 aromatic carbocycles. The van der Waals surface area contributed by atoms with Crippen LogP contribution in [0.3, 0.4) is 0 Å². The van der Waals surface area contributed by atoms with Gasteiger partial charge in [-0.15, -0.1) is 0 Å². The molecule has 0 bridgehead atoms. The number of fused-ring (bicyclic) bond motifs is 5. The van der Waals surface area contributed by atoms with E-state index in [1.165, 1.54) is 11.2 Å². The van der Waals surface area contributed by atoms with E-state index in [9.17, 15) is 14.4 Å². The van der Waals surface area contributed by atoms with Crippen LogP contribution in [0.1, 0.15) is 59.8 Å². The number of ketones is 1. The van der Waals surface area contributed by atoms with E-state index >= 15 is 0 Å². The zero-order chi connectivity index (χ0) is 21.1. The number of carbonyl (C=O) groups is 3. The molecule has 4 aliphatic rings. The molecule has 2 saturated heterocycles. The van der Waals surface area contributed by atoms with Gasteiger partial charge in [0.25, 0.3) is 0 Å². The molecule has 158 valence electrons. The largest absolute Gasteiger partial charge is 0.461 e. The second-order valence-electron chi connectivity index (χ2n) is 9.01. The van der Waals surface area contributed by atoms with Gasteiger partial charge in [-0.1, -0.05) is 43.5 Å². The second-order valence-corrected chi connectivity index (χ2v) is 9.01. The number of furan rings is 1.